The van der Waals surface area contributed by atoms with E-state index >= 15 is 0 Å². The third-order valence-electron chi connectivity index (χ3n) is 2.35. The summed E-state index contributed by atoms with van der Waals surface area (Å²) < 4.78 is 9.37. The number of ether oxygens (including phenoxy) is 2. The Balaban J connectivity index is 3.39. The lowest BCUT2D eigenvalue weighted by atomic mass is 10.0. The van der Waals surface area contributed by atoms with Gasteiger partial charge in [-0.05, 0) is 6.07 Å². The highest BCUT2D eigenvalue weighted by molar-refractivity contribution is 5.93. The average Bonchev–Trinajstić information content (AvgIpc) is 2.36. The predicted molar refractivity (Wildman–Crippen MR) is 60.6 cm³/mol. The van der Waals surface area contributed by atoms with E-state index in [1.807, 2.05) is 0 Å². The molecule has 0 fully saturated rings. The van der Waals surface area contributed by atoms with Crippen molar-refractivity contribution in [2.75, 3.05) is 14.2 Å². The Labute approximate surface area is 103 Å². The monoisotopic (exact) mass is 255 g/mol. The van der Waals surface area contributed by atoms with Crippen LogP contribution in [0.25, 0.3) is 0 Å². The summed E-state index contributed by atoms with van der Waals surface area (Å²) in [6, 6.07) is 0.882. The van der Waals surface area contributed by atoms with Crippen molar-refractivity contribution < 1.29 is 29.3 Å². The summed E-state index contributed by atoms with van der Waals surface area (Å²) in [7, 11) is 2.44. The summed E-state index contributed by atoms with van der Waals surface area (Å²) in [4.78, 5) is 22.2. The van der Waals surface area contributed by atoms with Crippen molar-refractivity contribution in [3.05, 3.63) is 23.3 Å². The van der Waals surface area contributed by atoms with Gasteiger partial charge in [0.1, 0.15) is 23.1 Å². The molecule has 7 nitrogen and oxygen atoms in total. The van der Waals surface area contributed by atoms with Crippen molar-refractivity contribution in [2.45, 2.75) is 6.04 Å². The lowest BCUT2D eigenvalue weighted by Gasteiger charge is -2.14. The number of carbonyl (C=O) groups is 2. The van der Waals surface area contributed by atoms with Crippen LogP contribution < -0.4 is 10.5 Å². The summed E-state index contributed by atoms with van der Waals surface area (Å²) >= 11 is 0. The molecule has 0 amide bonds. The van der Waals surface area contributed by atoms with E-state index in [0.717, 1.165) is 19.2 Å². The number of hydrogen-bond acceptors (Lipinski definition) is 6. The molecule has 1 atom stereocenters. The van der Waals surface area contributed by atoms with Crippen LogP contribution in [0, 0.1) is 0 Å². The summed E-state index contributed by atoms with van der Waals surface area (Å²) in [6.45, 7) is 0. The van der Waals surface area contributed by atoms with Crippen molar-refractivity contribution in [3.63, 3.8) is 0 Å². The Kier molecular flexibility index (Phi) is 4.11. The summed E-state index contributed by atoms with van der Waals surface area (Å²) in [5.74, 6) is -2.38. The first kappa shape index (κ1) is 13.8. The largest absolute Gasteiger partial charge is 0.507 e. The molecule has 0 saturated carbocycles. The third kappa shape index (κ3) is 2.51. The van der Waals surface area contributed by atoms with Crippen LogP contribution >= 0.6 is 0 Å². The number of esters is 1. The van der Waals surface area contributed by atoms with E-state index in [1.165, 1.54) is 7.11 Å². The van der Waals surface area contributed by atoms with Gasteiger partial charge < -0.3 is 25.4 Å². The first-order chi connectivity index (χ1) is 8.42. The van der Waals surface area contributed by atoms with E-state index in [0.29, 0.717) is 0 Å². The number of hydrogen-bond donors (Lipinski definition) is 3. The van der Waals surface area contributed by atoms with Crippen LogP contribution in [0.5, 0.6) is 11.5 Å². The number of carbonyl (C=O) groups excluding carboxylic acids is 1. The van der Waals surface area contributed by atoms with Crippen molar-refractivity contribution in [1.82, 2.24) is 0 Å². The highest BCUT2D eigenvalue weighted by Crippen LogP contribution is 2.32. The predicted octanol–water partition coefficient (Wildman–Crippen LogP) is 0.272. The molecule has 18 heavy (non-hydrogen) atoms. The number of benzene rings is 1. The van der Waals surface area contributed by atoms with Crippen LogP contribution in [0.3, 0.4) is 0 Å². The standard InChI is InChI=1S/C11H13NO6/c1-17-8-4-7(13)5(11(16)18-2)3-6(8)9(12)10(14)15/h3-4,9,13H,12H2,1-2H3,(H,14,15). The van der Waals surface area contributed by atoms with Crippen LogP contribution in [-0.2, 0) is 9.53 Å². The fraction of sp³-hybridized carbons (Fsp3) is 0.273. The number of carboxylic acid groups (broad SMARTS) is 1. The first-order valence-electron chi connectivity index (χ1n) is 4.90. The topological polar surface area (TPSA) is 119 Å². The van der Waals surface area contributed by atoms with E-state index in [-0.39, 0.29) is 22.6 Å². The number of methoxy groups -OCH3 is 2. The molecule has 0 radical (unpaired) electrons. The highest BCUT2D eigenvalue weighted by Gasteiger charge is 2.23. The second-order valence-electron chi connectivity index (χ2n) is 3.42. The van der Waals surface area contributed by atoms with Gasteiger partial charge in [0.15, 0.2) is 0 Å². The van der Waals surface area contributed by atoms with Crippen molar-refractivity contribution in [1.29, 1.82) is 0 Å². The molecule has 0 spiro atoms. The maximum atomic E-state index is 11.4. The van der Waals surface area contributed by atoms with Crippen LogP contribution in [0.2, 0.25) is 0 Å². The Morgan fingerprint density at radius 3 is 2.39 bits per heavy atom. The number of aliphatic carboxylic acids is 1. The van der Waals surface area contributed by atoms with Gasteiger partial charge in [0.05, 0.1) is 14.2 Å². The average molecular weight is 255 g/mol. The fourth-order valence-corrected chi connectivity index (χ4v) is 1.41. The van der Waals surface area contributed by atoms with Crippen LogP contribution in [0.15, 0.2) is 12.1 Å². The number of nitrogens with two attached hydrogens (primary N) is 1. The van der Waals surface area contributed by atoms with Gasteiger partial charge in [-0.2, -0.15) is 0 Å². The van der Waals surface area contributed by atoms with Crippen molar-refractivity contribution in [3.8, 4) is 11.5 Å². The maximum absolute atomic E-state index is 11.4. The second-order valence-corrected chi connectivity index (χ2v) is 3.42. The molecular weight excluding hydrogens is 242 g/mol. The van der Waals surface area contributed by atoms with E-state index in [9.17, 15) is 14.7 Å². The lowest BCUT2D eigenvalue weighted by molar-refractivity contribution is -0.138. The molecule has 1 unspecified atom stereocenters. The van der Waals surface area contributed by atoms with E-state index in [2.05, 4.69) is 4.74 Å². The molecule has 7 heteroatoms. The van der Waals surface area contributed by atoms with Gasteiger partial charge in [-0.1, -0.05) is 0 Å². The smallest absolute Gasteiger partial charge is 0.341 e. The molecular formula is C11H13NO6. The Morgan fingerprint density at radius 2 is 1.94 bits per heavy atom. The molecule has 4 N–H and O–H groups in total. The number of aromatic hydroxyl groups is 1. The highest BCUT2D eigenvalue weighted by atomic mass is 16.5. The molecule has 0 aliphatic heterocycles. The van der Waals surface area contributed by atoms with E-state index < -0.39 is 18.0 Å². The molecule has 0 bridgehead atoms. The summed E-state index contributed by atoms with van der Waals surface area (Å²) in [5.41, 5.74) is 5.36. The zero-order chi connectivity index (χ0) is 13.9. The molecule has 0 heterocycles. The minimum Gasteiger partial charge on any atom is -0.507 e. The zero-order valence-electron chi connectivity index (χ0n) is 9.84. The summed E-state index contributed by atoms with van der Waals surface area (Å²) in [6.07, 6.45) is 0. The van der Waals surface area contributed by atoms with Gasteiger partial charge in [0.25, 0.3) is 0 Å². The zero-order valence-corrected chi connectivity index (χ0v) is 9.84. The number of carboxylic acids is 1. The lowest BCUT2D eigenvalue weighted by Crippen LogP contribution is -2.22. The Bertz CT molecular complexity index is 485. The molecule has 0 aromatic heterocycles. The van der Waals surface area contributed by atoms with Crippen LogP contribution in [-0.4, -0.2) is 36.4 Å². The van der Waals surface area contributed by atoms with Gasteiger partial charge >= 0.3 is 11.9 Å². The van der Waals surface area contributed by atoms with Gasteiger partial charge in [0.2, 0.25) is 0 Å². The molecule has 1 aromatic rings. The maximum Gasteiger partial charge on any atom is 0.341 e. The SMILES string of the molecule is COC(=O)c1cc(C(N)C(=O)O)c(OC)cc1O. The number of phenolic OH excluding ortho intramolecular Hbond substituents is 1. The van der Waals surface area contributed by atoms with Gasteiger partial charge in [-0.15, -0.1) is 0 Å². The molecule has 98 valence electrons. The van der Waals surface area contributed by atoms with Crippen molar-refractivity contribution >= 4 is 11.9 Å². The minimum absolute atomic E-state index is 0.0724. The van der Waals surface area contributed by atoms with Crippen molar-refractivity contribution in [2.24, 2.45) is 5.73 Å². The van der Waals surface area contributed by atoms with E-state index in [4.69, 9.17) is 15.6 Å². The number of rotatable bonds is 4. The number of phenols is 1. The van der Waals surface area contributed by atoms with Crippen LogP contribution in [0.1, 0.15) is 22.0 Å². The van der Waals surface area contributed by atoms with Crippen LogP contribution in [0.4, 0.5) is 0 Å². The van der Waals surface area contributed by atoms with Gasteiger partial charge in [-0.3, -0.25) is 4.79 Å². The van der Waals surface area contributed by atoms with E-state index in [1.54, 1.807) is 0 Å². The molecule has 1 rings (SSSR count). The normalized spacial score (nSPS) is 11.7. The molecule has 0 aliphatic rings. The van der Waals surface area contributed by atoms with Gasteiger partial charge in [-0.25, -0.2) is 4.79 Å². The Hall–Kier alpha value is -2.28. The molecule has 0 aliphatic carbocycles. The van der Waals surface area contributed by atoms with Gasteiger partial charge in [0, 0.05) is 11.6 Å². The fourth-order valence-electron chi connectivity index (χ4n) is 1.41. The second kappa shape index (κ2) is 5.37. The molecule has 0 saturated heterocycles. The summed E-state index contributed by atoms with van der Waals surface area (Å²) in [5, 5.41) is 18.5. The third-order valence-corrected chi connectivity index (χ3v) is 2.35. The first-order valence-corrected chi connectivity index (χ1v) is 4.90. The Morgan fingerprint density at radius 1 is 1.33 bits per heavy atom. The minimum atomic E-state index is -1.37. The molecule has 1 aromatic carbocycles. The quantitative estimate of drug-likeness (QED) is 0.660.